The fourth-order valence-corrected chi connectivity index (χ4v) is 4.83. The molecule has 0 unspecified atom stereocenters. The number of amides is 4. The summed E-state index contributed by atoms with van der Waals surface area (Å²) in [4.78, 5) is 52.7. The predicted molar refractivity (Wildman–Crippen MR) is 142 cm³/mol. The zero-order valence-electron chi connectivity index (χ0n) is 20.7. The topological polar surface area (TPSA) is 95.6 Å². The van der Waals surface area contributed by atoms with Gasteiger partial charge in [-0.15, -0.1) is 0 Å². The number of carbonyl (C=O) groups is 4. The average Bonchev–Trinajstić information content (AvgIpc) is 3.14. The molecule has 3 aromatic carbocycles. The molecule has 37 heavy (non-hydrogen) atoms. The number of rotatable bonds is 5. The maximum Gasteiger partial charge on any atom is 0.255 e. The number of anilines is 3. The third kappa shape index (κ3) is 4.93. The van der Waals surface area contributed by atoms with E-state index in [1.807, 2.05) is 44.2 Å². The van der Waals surface area contributed by atoms with Gasteiger partial charge in [-0.05, 0) is 81.3 Å². The van der Waals surface area contributed by atoms with Crippen molar-refractivity contribution in [1.29, 1.82) is 0 Å². The molecular formula is C30H27N3O4. The number of benzene rings is 3. The minimum Gasteiger partial charge on any atom is -0.322 e. The fourth-order valence-electron chi connectivity index (χ4n) is 4.83. The summed E-state index contributed by atoms with van der Waals surface area (Å²) in [7, 11) is 0. The molecule has 7 nitrogen and oxygen atoms in total. The lowest BCUT2D eigenvalue weighted by Crippen LogP contribution is -2.31. The second-order valence-electron chi connectivity index (χ2n) is 9.62. The van der Waals surface area contributed by atoms with Crippen LogP contribution in [0, 0.1) is 18.8 Å². The molecule has 0 radical (unpaired) electrons. The van der Waals surface area contributed by atoms with Crippen LogP contribution in [0.2, 0.25) is 0 Å². The molecule has 2 atom stereocenters. The molecular weight excluding hydrogens is 466 g/mol. The van der Waals surface area contributed by atoms with Gasteiger partial charge in [0.25, 0.3) is 11.8 Å². The van der Waals surface area contributed by atoms with E-state index in [1.54, 1.807) is 48.5 Å². The van der Waals surface area contributed by atoms with Crippen molar-refractivity contribution in [3.05, 3.63) is 101 Å². The summed E-state index contributed by atoms with van der Waals surface area (Å²) in [5.74, 6) is -1.73. The number of nitrogens with zero attached hydrogens (tertiary/aromatic N) is 1. The summed E-state index contributed by atoms with van der Waals surface area (Å²) in [6.45, 7) is 3.95. The Morgan fingerprint density at radius 1 is 0.757 bits per heavy atom. The second-order valence-corrected chi connectivity index (χ2v) is 9.62. The molecule has 1 saturated heterocycles. The molecule has 2 N–H and O–H groups in total. The largest absolute Gasteiger partial charge is 0.322 e. The Balaban J connectivity index is 1.26. The lowest BCUT2D eigenvalue weighted by atomic mass is 9.82. The van der Waals surface area contributed by atoms with Gasteiger partial charge in [0.1, 0.15) is 0 Å². The quantitative estimate of drug-likeness (QED) is 0.370. The molecule has 1 heterocycles. The average molecular weight is 494 g/mol. The van der Waals surface area contributed by atoms with Crippen molar-refractivity contribution >= 4 is 40.7 Å². The minimum atomic E-state index is -0.382. The number of fused-ring (bicyclic) bond motifs is 1. The SMILES string of the molecule is CC1=CC[C@@H]2C(=O)N(c3cccc(C(=O)Nc4ccc(C(=O)Nc5ccc(C)cc5)cc4)c3)C(=O)[C@H]2C1. The zero-order valence-corrected chi connectivity index (χ0v) is 20.7. The van der Waals surface area contributed by atoms with Gasteiger partial charge in [0, 0.05) is 22.5 Å². The van der Waals surface area contributed by atoms with E-state index in [-0.39, 0.29) is 35.5 Å². The molecule has 1 aliphatic heterocycles. The normalized spacial score (nSPS) is 18.8. The maximum absolute atomic E-state index is 13.0. The summed E-state index contributed by atoms with van der Waals surface area (Å²) in [6.07, 6.45) is 3.18. The van der Waals surface area contributed by atoms with Crippen LogP contribution in [0.15, 0.2) is 84.4 Å². The molecule has 0 spiro atoms. The van der Waals surface area contributed by atoms with Crippen LogP contribution in [0.25, 0.3) is 0 Å². The number of imide groups is 1. The first-order valence-corrected chi connectivity index (χ1v) is 12.2. The Bertz CT molecular complexity index is 1420. The van der Waals surface area contributed by atoms with Crippen LogP contribution in [-0.4, -0.2) is 23.6 Å². The zero-order chi connectivity index (χ0) is 26.1. The van der Waals surface area contributed by atoms with E-state index in [1.165, 1.54) is 4.90 Å². The van der Waals surface area contributed by atoms with Crippen LogP contribution in [-0.2, 0) is 9.59 Å². The number of nitrogens with one attached hydrogen (secondary N) is 2. The van der Waals surface area contributed by atoms with Gasteiger partial charge in [0.15, 0.2) is 0 Å². The summed E-state index contributed by atoms with van der Waals surface area (Å²) >= 11 is 0. The van der Waals surface area contributed by atoms with Crippen LogP contribution in [0.5, 0.6) is 0 Å². The van der Waals surface area contributed by atoms with Crippen molar-refractivity contribution in [3.8, 4) is 0 Å². The van der Waals surface area contributed by atoms with Crippen LogP contribution in [0.1, 0.15) is 46.0 Å². The maximum atomic E-state index is 13.0. The van der Waals surface area contributed by atoms with Gasteiger partial charge in [-0.25, -0.2) is 0 Å². The van der Waals surface area contributed by atoms with Crippen LogP contribution in [0.3, 0.4) is 0 Å². The van der Waals surface area contributed by atoms with E-state index in [9.17, 15) is 19.2 Å². The fraction of sp³-hybridized carbons (Fsp3) is 0.200. The summed E-state index contributed by atoms with van der Waals surface area (Å²) in [6, 6.07) is 20.6. The highest BCUT2D eigenvalue weighted by Gasteiger charge is 2.48. The Morgan fingerprint density at radius 3 is 2.03 bits per heavy atom. The van der Waals surface area contributed by atoms with Crippen LogP contribution < -0.4 is 15.5 Å². The molecule has 0 saturated carbocycles. The first-order valence-electron chi connectivity index (χ1n) is 12.2. The second kappa shape index (κ2) is 9.85. The van der Waals surface area contributed by atoms with Gasteiger partial charge in [0.05, 0.1) is 17.5 Å². The molecule has 0 aromatic heterocycles. The monoisotopic (exact) mass is 493 g/mol. The molecule has 4 amide bonds. The molecule has 7 heteroatoms. The van der Waals surface area contributed by atoms with E-state index < -0.39 is 0 Å². The lowest BCUT2D eigenvalue weighted by molar-refractivity contribution is -0.122. The lowest BCUT2D eigenvalue weighted by Gasteiger charge is -2.18. The number of allylic oxidation sites excluding steroid dienone is 2. The molecule has 3 aromatic rings. The van der Waals surface area contributed by atoms with E-state index in [0.29, 0.717) is 41.0 Å². The number of carbonyl (C=O) groups excluding carboxylic acids is 4. The standard InChI is InChI=1S/C30H27N3O4/c1-18-6-11-22(12-7-18)31-27(34)20-9-13-23(14-10-20)32-28(35)21-4-3-5-24(17-21)33-29(36)25-15-8-19(2)16-26(25)30(33)37/h3-14,17,25-26H,15-16H2,1-2H3,(H,31,34)(H,32,35)/t25-,26-/m0/s1. The van der Waals surface area contributed by atoms with Gasteiger partial charge >= 0.3 is 0 Å². The van der Waals surface area contributed by atoms with Crippen molar-refractivity contribution in [3.63, 3.8) is 0 Å². The summed E-state index contributed by atoms with van der Waals surface area (Å²) in [5.41, 5.74) is 4.62. The predicted octanol–water partition coefficient (Wildman–Crippen LogP) is 5.35. The number of aryl methyl sites for hydroxylation is 1. The Morgan fingerprint density at radius 2 is 1.35 bits per heavy atom. The number of hydrogen-bond acceptors (Lipinski definition) is 4. The Kier molecular flexibility index (Phi) is 6.44. The molecule has 5 rings (SSSR count). The van der Waals surface area contributed by atoms with Gasteiger partial charge in [-0.1, -0.05) is 35.4 Å². The van der Waals surface area contributed by atoms with Gasteiger partial charge in [-0.3, -0.25) is 24.1 Å². The van der Waals surface area contributed by atoms with Crippen LogP contribution in [0.4, 0.5) is 17.1 Å². The van der Waals surface area contributed by atoms with Crippen molar-refractivity contribution in [1.82, 2.24) is 0 Å². The third-order valence-corrected chi connectivity index (χ3v) is 6.90. The Hall–Kier alpha value is -4.52. The molecule has 0 bridgehead atoms. The van der Waals surface area contributed by atoms with E-state index in [0.717, 1.165) is 11.1 Å². The third-order valence-electron chi connectivity index (χ3n) is 6.90. The van der Waals surface area contributed by atoms with E-state index >= 15 is 0 Å². The molecule has 2 aliphatic rings. The van der Waals surface area contributed by atoms with Gasteiger partial charge in [0.2, 0.25) is 11.8 Å². The highest BCUT2D eigenvalue weighted by molar-refractivity contribution is 6.22. The summed E-state index contributed by atoms with van der Waals surface area (Å²) < 4.78 is 0. The van der Waals surface area contributed by atoms with Gasteiger partial charge in [-0.2, -0.15) is 0 Å². The van der Waals surface area contributed by atoms with Crippen molar-refractivity contribution < 1.29 is 19.2 Å². The first kappa shape index (κ1) is 24.2. The molecule has 186 valence electrons. The molecule has 1 fully saturated rings. The Labute approximate surface area is 215 Å². The highest BCUT2D eigenvalue weighted by Crippen LogP contribution is 2.39. The van der Waals surface area contributed by atoms with Crippen molar-refractivity contribution in [2.45, 2.75) is 26.7 Å². The van der Waals surface area contributed by atoms with Gasteiger partial charge < -0.3 is 10.6 Å². The van der Waals surface area contributed by atoms with Crippen molar-refractivity contribution in [2.75, 3.05) is 15.5 Å². The minimum absolute atomic E-state index is 0.209. The first-order chi connectivity index (χ1) is 17.8. The van der Waals surface area contributed by atoms with E-state index in [4.69, 9.17) is 0 Å². The number of hydrogen-bond donors (Lipinski definition) is 2. The van der Waals surface area contributed by atoms with E-state index in [2.05, 4.69) is 10.6 Å². The smallest absolute Gasteiger partial charge is 0.255 e. The highest BCUT2D eigenvalue weighted by atomic mass is 16.2. The molecule has 1 aliphatic carbocycles. The van der Waals surface area contributed by atoms with Crippen molar-refractivity contribution in [2.24, 2.45) is 11.8 Å². The van der Waals surface area contributed by atoms with Crippen LogP contribution >= 0.6 is 0 Å². The summed E-state index contributed by atoms with van der Waals surface area (Å²) in [5, 5.41) is 5.65.